The number of hydrogen-bond acceptors (Lipinski definition) is 0. The molecule has 0 N–H and O–H groups in total. The molecule has 0 aromatic heterocycles. The van der Waals surface area contributed by atoms with Crippen LogP contribution in [0, 0.1) is 6.92 Å². The number of aryl methyl sites for hydroxylation is 1. The third kappa shape index (κ3) is 2.52. The molecule has 0 saturated heterocycles. The van der Waals surface area contributed by atoms with Gasteiger partial charge in [-0.05, 0) is 18.1 Å². The molecular formula is C13H11BF3-. The molecule has 88 valence electrons. The second kappa shape index (κ2) is 4.28. The van der Waals surface area contributed by atoms with Crippen LogP contribution >= 0.6 is 0 Å². The molecule has 0 nitrogen and oxygen atoms in total. The number of hydrogen-bond donors (Lipinski definition) is 0. The van der Waals surface area contributed by atoms with Crippen LogP contribution in [-0.4, -0.2) is 6.98 Å². The largest absolute Gasteiger partial charge is 0.510 e. The van der Waals surface area contributed by atoms with Crippen molar-refractivity contribution >= 4 is 12.4 Å². The summed E-state index contributed by atoms with van der Waals surface area (Å²) in [6.45, 7) is -3.19. The van der Waals surface area contributed by atoms with E-state index in [-0.39, 0.29) is 5.56 Å². The number of benzene rings is 2. The highest BCUT2D eigenvalue weighted by atomic mass is 19.4. The minimum absolute atomic E-state index is 0.262. The van der Waals surface area contributed by atoms with E-state index in [0.717, 1.165) is 11.6 Å². The molecule has 2 rings (SSSR count). The maximum absolute atomic E-state index is 12.9. The zero-order valence-electron chi connectivity index (χ0n) is 9.33. The molecular weight excluding hydrogens is 224 g/mol. The SMILES string of the molecule is Cc1ccc([B-](F)(F)F)c(-c2ccccc2)c1. The molecule has 0 unspecified atom stereocenters. The van der Waals surface area contributed by atoms with E-state index >= 15 is 0 Å². The Labute approximate surface area is 98.2 Å². The maximum Gasteiger partial charge on any atom is 0.510 e. The zero-order chi connectivity index (χ0) is 12.5. The van der Waals surface area contributed by atoms with Crippen LogP contribution in [0.3, 0.4) is 0 Å². The minimum Gasteiger partial charge on any atom is -0.445 e. The Kier molecular flexibility index (Phi) is 2.96. The molecule has 0 aliphatic heterocycles. The van der Waals surface area contributed by atoms with Gasteiger partial charge in [0.1, 0.15) is 0 Å². The van der Waals surface area contributed by atoms with Crippen molar-refractivity contribution in [2.75, 3.05) is 0 Å². The van der Waals surface area contributed by atoms with Gasteiger partial charge in [-0.25, -0.2) is 0 Å². The Morgan fingerprint density at radius 3 is 2.12 bits per heavy atom. The van der Waals surface area contributed by atoms with Gasteiger partial charge >= 0.3 is 6.98 Å². The van der Waals surface area contributed by atoms with Crippen molar-refractivity contribution in [3.8, 4) is 11.1 Å². The molecule has 0 saturated carbocycles. The third-order valence-electron chi connectivity index (χ3n) is 2.65. The molecule has 17 heavy (non-hydrogen) atoms. The fraction of sp³-hybridized carbons (Fsp3) is 0.0769. The Morgan fingerprint density at radius 1 is 0.882 bits per heavy atom. The molecule has 0 aliphatic rings. The van der Waals surface area contributed by atoms with Crippen LogP contribution in [-0.2, 0) is 0 Å². The number of rotatable bonds is 2. The van der Waals surface area contributed by atoms with E-state index in [9.17, 15) is 12.9 Å². The van der Waals surface area contributed by atoms with Crippen molar-refractivity contribution in [3.63, 3.8) is 0 Å². The number of halogens is 3. The first-order valence-electron chi connectivity index (χ1n) is 5.34. The average Bonchev–Trinajstić information content (AvgIpc) is 2.28. The minimum atomic E-state index is -4.98. The summed E-state index contributed by atoms with van der Waals surface area (Å²) >= 11 is 0. The maximum atomic E-state index is 12.9. The van der Waals surface area contributed by atoms with Gasteiger partial charge in [0, 0.05) is 0 Å². The van der Waals surface area contributed by atoms with E-state index in [0.29, 0.717) is 5.56 Å². The van der Waals surface area contributed by atoms with Crippen LogP contribution < -0.4 is 5.46 Å². The molecule has 0 fully saturated rings. The lowest BCUT2D eigenvalue weighted by Crippen LogP contribution is -2.35. The summed E-state index contributed by atoms with van der Waals surface area (Å²) in [6, 6.07) is 12.9. The van der Waals surface area contributed by atoms with E-state index in [2.05, 4.69) is 0 Å². The normalized spacial score (nSPS) is 11.5. The van der Waals surface area contributed by atoms with Crippen LogP contribution in [0.5, 0.6) is 0 Å². The van der Waals surface area contributed by atoms with E-state index in [1.54, 1.807) is 43.3 Å². The van der Waals surface area contributed by atoms with Crippen molar-refractivity contribution in [1.82, 2.24) is 0 Å². The molecule has 0 aliphatic carbocycles. The third-order valence-corrected chi connectivity index (χ3v) is 2.65. The molecule has 0 amide bonds. The van der Waals surface area contributed by atoms with Crippen LogP contribution in [0.4, 0.5) is 12.9 Å². The smallest absolute Gasteiger partial charge is 0.445 e. The first-order valence-corrected chi connectivity index (χ1v) is 5.34. The molecule has 0 atom stereocenters. The lowest BCUT2D eigenvalue weighted by Gasteiger charge is -2.20. The zero-order valence-corrected chi connectivity index (χ0v) is 9.33. The van der Waals surface area contributed by atoms with Crippen LogP contribution in [0.2, 0.25) is 0 Å². The monoisotopic (exact) mass is 235 g/mol. The van der Waals surface area contributed by atoms with Gasteiger partial charge in [0.25, 0.3) is 0 Å². The van der Waals surface area contributed by atoms with Crippen LogP contribution in [0.1, 0.15) is 5.56 Å². The summed E-state index contributed by atoms with van der Waals surface area (Å²) in [6.07, 6.45) is 0. The van der Waals surface area contributed by atoms with Crippen molar-refractivity contribution < 1.29 is 12.9 Å². The van der Waals surface area contributed by atoms with Gasteiger partial charge in [-0.1, -0.05) is 54.1 Å². The topological polar surface area (TPSA) is 0 Å². The molecule has 0 heterocycles. The van der Waals surface area contributed by atoms with Crippen molar-refractivity contribution in [2.24, 2.45) is 0 Å². The molecule has 2 aromatic carbocycles. The van der Waals surface area contributed by atoms with Gasteiger partial charge in [-0.3, -0.25) is 0 Å². The van der Waals surface area contributed by atoms with Crippen molar-refractivity contribution in [3.05, 3.63) is 54.1 Å². The highest BCUT2D eigenvalue weighted by Gasteiger charge is 2.28. The molecule has 0 radical (unpaired) electrons. The summed E-state index contributed by atoms with van der Waals surface area (Å²) in [7, 11) is 0. The summed E-state index contributed by atoms with van der Waals surface area (Å²) in [5.74, 6) is 0. The Balaban J connectivity index is 2.64. The quantitative estimate of drug-likeness (QED) is 0.696. The van der Waals surface area contributed by atoms with Gasteiger partial charge < -0.3 is 12.9 Å². The standard InChI is InChI=1S/C13H11BF3/c1-10-7-8-13(14(15,16)17)12(9-10)11-5-3-2-4-6-11/h2-9H,1H3/q-1. The average molecular weight is 235 g/mol. The lowest BCUT2D eigenvalue weighted by atomic mass is 9.75. The highest BCUT2D eigenvalue weighted by Crippen LogP contribution is 2.23. The van der Waals surface area contributed by atoms with Gasteiger partial charge in [-0.2, -0.15) is 0 Å². The van der Waals surface area contributed by atoms with Crippen molar-refractivity contribution in [2.45, 2.75) is 6.92 Å². The molecule has 0 bridgehead atoms. The Hall–Kier alpha value is -1.71. The fourth-order valence-electron chi connectivity index (χ4n) is 1.82. The van der Waals surface area contributed by atoms with E-state index < -0.39 is 12.4 Å². The second-order valence-corrected chi connectivity index (χ2v) is 4.03. The molecule has 2 aromatic rings. The van der Waals surface area contributed by atoms with E-state index in [1.807, 2.05) is 0 Å². The van der Waals surface area contributed by atoms with E-state index in [1.165, 1.54) is 6.07 Å². The Bertz CT molecular complexity index is 518. The first kappa shape index (κ1) is 11.8. The summed E-state index contributed by atoms with van der Waals surface area (Å²) < 4.78 is 38.8. The van der Waals surface area contributed by atoms with Gasteiger partial charge in [0.2, 0.25) is 0 Å². The second-order valence-electron chi connectivity index (χ2n) is 4.03. The van der Waals surface area contributed by atoms with Crippen molar-refractivity contribution in [1.29, 1.82) is 0 Å². The predicted octanol–water partition coefficient (Wildman–Crippen LogP) is 3.72. The predicted molar refractivity (Wildman–Crippen MR) is 65.3 cm³/mol. The van der Waals surface area contributed by atoms with Crippen LogP contribution in [0.25, 0.3) is 11.1 Å². The van der Waals surface area contributed by atoms with Crippen LogP contribution in [0.15, 0.2) is 48.5 Å². The fourth-order valence-corrected chi connectivity index (χ4v) is 1.82. The first-order chi connectivity index (χ1) is 7.98. The Morgan fingerprint density at radius 2 is 1.53 bits per heavy atom. The molecule has 4 heteroatoms. The summed E-state index contributed by atoms with van der Waals surface area (Å²) in [5, 5.41) is 0. The highest BCUT2D eigenvalue weighted by molar-refractivity contribution is 6.75. The van der Waals surface area contributed by atoms with Gasteiger partial charge in [0.05, 0.1) is 0 Å². The van der Waals surface area contributed by atoms with E-state index in [4.69, 9.17) is 0 Å². The van der Waals surface area contributed by atoms with Gasteiger partial charge in [-0.15, -0.1) is 5.46 Å². The molecule has 0 spiro atoms. The summed E-state index contributed by atoms with van der Waals surface area (Å²) in [5.41, 5.74) is 1.16. The van der Waals surface area contributed by atoms with Gasteiger partial charge in [0.15, 0.2) is 0 Å². The summed E-state index contributed by atoms with van der Waals surface area (Å²) in [4.78, 5) is 0. The lowest BCUT2D eigenvalue weighted by molar-refractivity contribution is 0.501.